The lowest BCUT2D eigenvalue weighted by atomic mass is 10.1. The van der Waals surface area contributed by atoms with Gasteiger partial charge in [-0.05, 0) is 54.6 Å². The number of ether oxygens (including phenoxy) is 1. The predicted molar refractivity (Wildman–Crippen MR) is 127 cm³/mol. The van der Waals surface area contributed by atoms with Gasteiger partial charge < -0.3 is 20.2 Å². The molecule has 0 saturated heterocycles. The summed E-state index contributed by atoms with van der Waals surface area (Å²) in [4.78, 5) is 54.8. The molecule has 0 fully saturated rings. The molecule has 178 valence electrons. The van der Waals surface area contributed by atoms with Crippen LogP contribution in [0.4, 0.5) is 5.69 Å². The molecular formula is C26H18N4O6. The molecule has 0 saturated carbocycles. The van der Waals surface area contributed by atoms with Crippen molar-refractivity contribution < 1.29 is 28.3 Å². The van der Waals surface area contributed by atoms with Crippen molar-refractivity contribution in [1.29, 1.82) is 0 Å². The van der Waals surface area contributed by atoms with E-state index < -0.39 is 23.6 Å². The Labute approximate surface area is 204 Å². The maximum atomic E-state index is 12.8. The Kier molecular flexibility index (Phi) is 5.75. The van der Waals surface area contributed by atoms with Crippen LogP contribution >= 0.6 is 0 Å². The van der Waals surface area contributed by atoms with E-state index in [2.05, 4.69) is 10.3 Å². The molecule has 3 N–H and O–H groups in total. The third-order valence-electron chi connectivity index (χ3n) is 5.46. The van der Waals surface area contributed by atoms with Crippen molar-refractivity contribution in [1.82, 2.24) is 9.88 Å². The Morgan fingerprint density at radius 2 is 1.78 bits per heavy atom. The summed E-state index contributed by atoms with van der Waals surface area (Å²) in [5.41, 5.74) is 6.55. The van der Waals surface area contributed by atoms with E-state index in [1.807, 2.05) is 0 Å². The number of benzene rings is 2. The third-order valence-corrected chi connectivity index (χ3v) is 5.46. The lowest BCUT2D eigenvalue weighted by Crippen LogP contribution is -2.28. The van der Waals surface area contributed by atoms with E-state index in [-0.39, 0.29) is 29.1 Å². The number of nitrogens with one attached hydrogen (secondary N) is 1. The molecule has 0 radical (unpaired) electrons. The molecule has 4 amide bonds. The van der Waals surface area contributed by atoms with E-state index in [9.17, 15) is 19.2 Å². The van der Waals surface area contributed by atoms with Gasteiger partial charge >= 0.3 is 0 Å². The number of furan rings is 1. The van der Waals surface area contributed by atoms with Gasteiger partial charge in [0, 0.05) is 17.2 Å². The van der Waals surface area contributed by atoms with Crippen molar-refractivity contribution >= 4 is 29.3 Å². The molecule has 4 aromatic rings. The van der Waals surface area contributed by atoms with Crippen molar-refractivity contribution in [2.45, 2.75) is 6.54 Å². The number of carbonyl (C=O) groups excluding carboxylic acids is 4. The summed E-state index contributed by atoms with van der Waals surface area (Å²) >= 11 is 0. The van der Waals surface area contributed by atoms with Crippen molar-refractivity contribution in [3.8, 4) is 11.6 Å². The van der Waals surface area contributed by atoms with Gasteiger partial charge in [-0.25, -0.2) is 4.98 Å². The summed E-state index contributed by atoms with van der Waals surface area (Å²) in [6.45, 7) is 0.00773. The maximum absolute atomic E-state index is 12.8. The number of imide groups is 1. The highest BCUT2D eigenvalue weighted by atomic mass is 16.5. The highest BCUT2D eigenvalue weighted by Gasteiger charge is 2.36. The molecule has 0 bridgehead atoms. The number of anilines is 1. The van der Waals surface area contributed by atoms with E-state index in [4.69, 9.17) is 14.9 Å². The van der Waals surface area contributed by atoms with Crippen molar-refractivity contribution in [2.75, 3.05) is 5.32 Å². The third kappa shape index (κ3) is 4.42. The monoisotopic (exact) mass is 482 g/mol. The van der Waals surface area contributed by atoms with Gasteiger partial charge in [0.2, 0.25) is 11.8 Å². The fourth-order valence-electron chi connectivity index (χ4n) is 3.69. The Hall–Kier alpha value is -5.25. The molecule has 1 aliphatic heterocycles. The number of pyridine rings is 1. The van der Waals surface area contributed by atoms with Crippen LogP contribution < -0.4 is 15.8 Å². The minimum absolute atomic E-state index is 0.00773. The number of nitrogens with two attached hydrogens (primary N) is 1. The number of hydrogen-bond donors (Lipinski definition) is 2. The molecule has 0 atom stereocenters. The molecule has 2 aromatic heterocycles. The van der Waals surface area contributed by atoms with Crippen molar-refractivity contribution in [2.24, 2.45) is 5.73 Å². The van der Waals surface area contributed by atoms with Crippen LogP contribution in [-0.2, 0) is 6.54 Å². The zero-order valence-corrected chi connectivity index (χ0v) is 18.6. The highest BCUT2D eigenvalue weighted by molar-refractivity contribution is 6.22. The smallest absolute Gasteiger partial charge is 0.261 e. The second-order valence-electron chi connectivity index (χ2n) is 7.87. The number of nitrogens with zero attached hydrogens (tertiary/aromatic N) is 2. The number of primary amides is 1. The van der Waals surface area contributed by atoms with Gasteiger partial charge in [-0.1, -0.05) is 6.07 Å². The van der Waals surface area contributed by atoms with Gasteiger partial charge in [-0.15, -0.1) is 0 Å². The summed E-state index contributed by atoms with van der Waals surface area (Å²) in [6, 6.07) is 17.2. The summed E-state index contributed by atoms with van der Waals surface area (Å²) in [7, 11) is 0. The minimum Gasteiger partial charge on any atom is -0.467 e. The molecule has 10 nitrogen and oxygen atoms in total. The molecule has 0 aliphatic carbocycles. The summed E-state index contributed by atoms with van der Waals surface area (Å²) in [5.74, 6) is -0.893. The first kappa shape index (κ1) is 22.5. The summed E-state index contributed by atoms with van der Waals surface area (Å²) < 4.78 is 10.9. The normalized spacial score (nSPS) is 12.4. The lowest BCUT2D eigenvalue weighted by molar-refractivity contribution is 0.0631. The van der Waals surface area contributed by atoms with Gasteiger partial charge in [0.25, 0.3) is 17.7 Å². The van der Waals surface area contributed by atoms with E-state index in [0.717, 1.165) is 4.90 Å². The molecule has 5 rings (SSSR count). The standard InChI is InChI=1S/C26H18N4O6/c27-23(31)15-3-1-4-18(11-15)36-22-9-7-17(13-28-22)29-24(32)16-6-8-20-21(12-16)26(34)30(25(20)33)14-19-5-2-10-35-19/h1-13H,14H2,(H2,27,31)(H,29,32). The second-order valence-corrected chi connectivity index (χ2v) is 7.87. The van der Waals surface area contributed by atoms with Crippen molar-refractivity contribution in [3.63, 3.8) is 0 Å². The first-order chi connectivity index (χ1) is 17.4. The van der Waals surface area contributed by atoms with Gasteiger partial charge in [0.05, 0.1) is 35.8 Å². The topological polar surface area (TPSA) is 145 Å². The Balaban J connectivity index is 1.26. The van der Waals surface area contributed by atoms with E-state index in [1.54, 1.807) is 42.5 Å². The number of fused-ring (bicyclic) bond motifs is 1. The SMILES string of the molecule is NC(=O)c1cccc(Oc2ccc(NC(=O)c3ccc4c(c3)C(=O)N(Cc3ccco3)C4=O)cn2)c1. The summed E-state index contributed by atoms with van der Waals surface area (Å²) in [6.07, 6.45) is 2.86. The van der Waals surface area contributed by atoms with Gasteiger partial charge in [0.15, 0.2) is 0 Å². The van der Waals surface area contributed by atoms with Crippen LogP contribution in [0, 0.1) is 0 Å². The number of rotatable bonds is 7. The fraction of sp³-hybridized carbons (Fsp3) is 0.0385. The largest absolute Gasteiger partial charge is 0.467 e. The fourth-order valence-corrected chi connectivity index (χ4v) is 3.69. The highest BCUT2D eigenvalue weighted by Crippen LogP contribution is 2.26. The quantitative estimate of drug-likeness (QED) is 0.383. The molecule has 10 heteroatoms. The van der Waals surface area contributed by atoms with Crippen LogP contribution in [0.3, 0.4) is 0 Å². The van der Waals surface area contributed by atoms with Crippen LogP contribution in [-0.4, -0.2) is 33.5 Å². The second kappa shape index (κ2) is 9.18. The number of carbonyl (C=O) groups is 4. The van der Waals surface area contributed by atoms with Gasteiger partial charge in [0.1, 0.15) is 11.5 Å². The summed E-state index contributed by atoms with van der Waals surface area (Å²) in [5, 5.41) is 2.70. The molecule has 2 aromatic carbocycles. The molecular weight excluding hydrogens is 464 g/mol. The molecule has 3 heterocycles. The van der Waals surface area contributed by atoms with Crippen LogP contribution in [0.15, 0.2) is 83.6 Å². The molecule has 0 unspecified atom stereocenters. The average molecular weight is 482 g/mol. The van der Waals surface area contributed by atoms with E-state index >= 15 is 0 Å². The minimum atomic E-state index is -0.575. The Morgan fingerprint density at radius 1 is 0.944 bits per heavy atom. The number of amides is 4. The molecule has 36 heavy (non-hydrogen) atoms. The van der Waals surface area contributed by atoms with Crippen LogP contribution in [0.1, 0.15) is 47.2 Å². The zero-order chi connectivity index (χ0) is 25.2. The first-order valence-electron chi connectivity index (χ1n) is 10.8. The zero-order valence-electron chi connectivity index (χ0n) is 18.6. The Morgan fingerprint density at radius 3 is 2.50 bits per heavy atom. The van der Waals surface area contributed by atoms with E-state index in [0.29, 0.717) is 22.8 Å². The predicted octanol–water partition coefficient (Wildman–Crippen LogP) is 3.61. The van der Waals surface area contributed by atoms with Crippen LogP contribution in [0.25, 0.3) is 0 Å². The van der Waals surface area contributed by atoms with Gasteiger partial charge in [-0.3, -0.25) is 24.1 Å². The molecule has 1 aliphatic rings. The first-order valence-corrected chi connectivity index (χ1v) is 10.8. The van der Waals surface area contributed by atoms with Crippen molar-refractivity contribution in [3.05, 3.63) is 107 Å². The number of aromatic nitrogens is 1. The van der Waals surface area contributed by atoms with Crippen LogP contribution in [0.5, 0.6) is 11.6 Å². The molecule has 0 spiro atoms. The Bertz CT molecular complexity index is 1500. The number of hydrogen-bond acceptors (Lipinski definition) is 7. The van der Waals surface area contributed by atoms with Crippen LogP contribution in [0.2, 0.25) is 0 Å². The van der Waals surface area contributed by atoms with E-state index in [1.165, 1.54) is 36.7 Å². The average Bonchev–Trinajstić information content (AvgIpc) is 3.48. The van der Waals surface area contributed by atoms with Gasteiger partial charge in [-0.2, -0.15) is 0 Å². The lowest BCUT2D eigenvalue weighted by Gasteiger charge is -2.11. The maximum Gasteiger partial charge on any atom is 0.261 e.